The molecule has 0 saturated carbocycles. The van der Waals surface area contributed by atoms with Crippen LogP contribution in [0.1, 0.15) is 29.7 Å². The Balaban J connectivity index is 1.47. The summed E-state index contributed by atoms with van der Waals surface area (Å²) in [5.74, 6) is 0.0114. The number of hydrogen-bond acceptors (Lipinski definition) is 2. The summed E-state index contributed by atoms with van der Waals surface area (Å²) in [6.45, 7) is 5.32. The van der Waals surface area contributed by atoms with Crippen molar-refractivity contribution in [2.45, 2.75) is 32.7 Å². The van der Waals surface area contributed by atoms with Crippen molar-refractivity contribution >= 4 is 38.4 Å². The van der Waals surface area contributed by atoms with Gasteiger partial charge in [0.15, 0.2) is 0 Å². The largest absolute Gasteiger partial charge is 0.358 e. The molecule has 0 bridgehead atoms. The van der Waals surface area contributed by atoms with E-state index in [-0.39, 0.29) is 5.91 Å². The Morgan fingerprint density at radius 2 is 2.00 bits per heavy atom. The second-order valence-corrected chi connectivity index (χ2v) is 8.24. The minimum absolute atomic E-state index is 0.0114. The van der Waals surface area contributed by atoms with Gasteiger partial charge in [-0.3, -0.25) is 9.69 Å². The number of carbonyl (C=O) groups excluding carboxylic acids is 1. The van der Waals surface area contributed by atoms with E-state index in [1.165, 1.54) is 31.5 Å². The number of amides is 1. The molecular weight excluding hydrogens is 402 g/mol. The molecule has 140 valence electrons. The first kappa shape index (κ1) is 18.3. The van der Waals surface area contributed by atoms with E-state index in [0.717, 1.165) is 38.9 Å². The van der Waals surface area contributed by atoms with E-state index in [1.807, 2.05) is 31.2 Å². The lowest BCUT2D eigenvalue weighted by Gasteiger charge is -2.15. The van der Waals surface area contributed by atoms with Gasteiger partial charge in [0.25, 0.3) is 0 Å². The topological polar surface area (TPSA) is 48.1 Å². The van der Waals surface area contributed by atoms with Crippen LogP contribution in [0, 0.1) is 6.92 Å². The van der Waals surface area contributed by atoms with E-state index >= 15 is 0 Å². The molecule has 0 spiro atoms. The van der Waals surface area contributed by atoms with Crippen molar-refractivity contribution in [1.82, 2.24) is 9.88 Å². The van der Waals surface area contributed by atoms with Crippen LogP contribution in [0.25, 0.3) is 10.9 Å². The van der Waals surface area contributed by atoms with Crippen molar-refractivity contribution in [3.05, 3.63) is 63.8 Å². The third-order valence-electron chi connectivity index (χ3n) is 5.23. The van der Waals surface area contributed by atoms with Crippen LogP contribution < -0.4 is 5.32 Å². The van der Waals surface area contributed by atoms with Gasteiger partial charge in [0.05, 0.1) is 6.42 Å². The SMILES string of the molecule is Cc1[nH]c2ccc(Br)cc2c1CC(=O)Nc1cccc(CN2CCCC2)c1. The fraction of sp³-hybridized carbons (Fsp3) is 0.318. The number of fused-ring (bicyclic) bond motifs is 1. The molecule has 0 aliphatic carbocycles. The Labute approximate surface area is 168 Å². The normalized spacial score (nSPS) is 14.7. The van der Waals surface area contributed by atoms with E-state index in [9.17, 15) is 4.79 Å². The molecule has 0 unspecified atom stereocenters. The van der Waals surface area contributed by atoms with Crippen molar-refractivity contribution in [1.29, 1.82) is 0 Å². The number of nitrogens with zero attached hydrogens (tertiary/aromatic N) is 1. The third kappa shape index (κ3) is 4.25. The molecule has 27 heavy (non-hydrogen) atoms. The quantitative estimate of drug-likeness (QED) is 0.602. The summed E-state index contributed by atoms with van der Waals surface area (Å²) in [6.07, 6.45) is 2.94. The predicted molar refractivity (Wildman–Crippen MR) is 114 cm³/mol. The molecule has 1 amide bonds. The van der Waals surface area contributed by atoms with E-state index in [0.29, 0.717) is 6.42 Å². The molecule has 0 atom stereocenters. The lowest BCUT2D eigenvalue weighted by Crippen LogP contribution is -2.19. The molecule has 2 heterocycles. The lowest BCUT2D eigenvalue weighted by atomic mass is 10.1. The van der Waals surface area contributed by atoms with Gasteiger partial charge in [-0.15, -0.1) is 0 Å². The van der Waals surface area contributed by atoms with Crippen LogP contribution in [0.4, 0.5) is 5.69 Å². The smallest absolute Gasteiger partial charge is 0.228 e. The fourth-order valence-electron chi connectivity index (χ4n) is 3.89. The van der Waals surface area contributed by atoms with Crippen LogP contribution in [0.15, 0.2) is 46.9 Å². The van der Waals surface area contributed by atoms with Gasteiger partial charge in [0.2, 0.25) is 5.91 Å². The lowest BCUT2D eigenvalue weighted by molar-refractivity contribution is -0.115. The molecule has 1 aliphatic heterocycles. The van der Waals surface area contributed by atoms with Crippen molar-refractivity contribution < 1.29 is 4.79 Å². The summed E-state index contributed by atoms with van der Waals surface area (Å²) in [6, 6.07) is 14.3. The summed E-state index contributed by atoms with van der Waals surface area (Å²) in [5.41, 5.74) is 5.28. The van der Waals surface area contributed by atoms with Gasteiger partial charge in [-0.25, -0.2) is 0 Å². The molecular formula is C22H24BrN3O. The minimum Gasteiger partial charge on any atom is -0.358 e. The Morgan fingerprint density at radius 1 is 1.19 bits per heavy atom. The van der Waals surface area contributed by atoms with Gasteiger partial charge < -0.3 is 10.3 Å². The van der Waals surface area contributed by atoms with Crippen molar-refractivity contribution in [3.8, 4) is 0 Å². The van der Waals surface area contributed by atoms with Gasteiger partial charge >= 0.3 is 0 Å². The van der Waals surface area contributed by atoms with E-state index in [1.54, 1.807) is 0 Å². The number of anilines is 1. The molecule has 2 aromatic carbocycles. The monoisotopic (exact) mass is 425 g/mol. The summed E-state index contributed by atoms with van der Waals surface area (Å²) in [4.78, 5) is 18.5. The number of H-pyrrole nitrogens is 1. The number of benzene rings is 2. The zero-order chi connectivity index (χ0) is 18.8. The van der Waals surface area contributed by atoms with Gasteiger partial charge in [0, 0.05) is 33.3 Å². The van der Waals surface area contributed by atoms with Crippen LogP contribution in [-0.4, -0.2) is 28.9 Å². The molecule has 4 rings (SSSR count). The number of likely N-dealkylation sites (tertiary alicyclic amines) is 1. The van der Waals surface area contributed by atoms with Gasteiger partial charge in [-0.05, 0) is 74.3 Å². The number of aromatic amines is 1. The summed E-state index contributed by atoms with van der Waals surface area (Å²) >= 11 is 3.52. The molecule has 4 nitrogen and oxygen atoms in total. The first-order valence-corrected chi connectivity index (χ1v) is 10.3. The summed E-state index contributed by atoms with van der Waals surface area (Å²) in [5, 5.41) is 4.17. The first-order chi connectivity index (χ1) is 13.1. The molecule has 1 fully saturated rings. The molecule has 1 aliphatic rings. The molecule has 1 saturated heterocycles. The molecule has 1 aromatic heterocycles. The highest BCUT2D eigenvalue weighted by Gasteiger charge is 2.14. The zero-order valence-corrected chi connectivity index (χ0v) is 17.1. The minimum atomic E-state index is 0.0114. The van der Waals surface area contributed by atoms with E-state index in [2.05, 4.69) is 49.3 Å². The maximum absolute atomic E-state index is 12.7. The molecule has 5 heteroatoms. The molecule has 3 aromatic rings. The van der Waals surface area contributed by atoms with E-state index in [4.69, 9.17) is 0 Å². The fourth-order valence-corrected chi connectivity index (χ4v) is 4.26. The Hall–Kier alpha value is -2.11. The van der Waals surface area contributed by atoms with Crippen LogP contribution in [-0.2, 0) is 17.8 Å². The first-order valence-electron chi connectivity index (χ1n) is 9.46. The average molecular weight is 426 g/mol. The van der Waals surface area contributed by atoms with Crippen molar-refractivity contribution in [3.63, 3.8) is 0 Å². The van der Waals surface area contributed by atoms with E-state index < -0.39 is 0 Å². The number of hydrogen-bond donors (Lipinski definition) is 2. The number of carbonyl (C=O) groups is 1. The van der Waals surface area contributed by atoms with Crippen molar-refractivity contribution in [2.75, 3.05) is 18.4 Å². The summed E-state index contributed by atoms with van der Waals surface area (Å²) in [7, 11) is 0. The third-order valence-corrected chi connectivity index (χ3v) is 5.73. The number of rotatable bonds is 5. The Morgan fingerprint density at radius 3 is 2.81 bits per heavy atom. The van der Waals surface area contributed by atoms with Gasteiger partial charge in [-0.2, -0.15) is 0 Å². The van der Waals surface area contributed by atoms with Crippen molar-refractivity contribution in [2.24, 2.45) is 0 Å². The highest BCUT2D eigenvalue weighted by Crippen LogP contribution is 2.26. The molecule has 2 N–H and O–H groups in total. The standard InChI is InChI=1S/C22H24BrN3O/c1-15-19(20-12-17(23)7-8-21(20)24-15)13-22(27)25-18-6-4-5-16(11-18)14-26-9-2-3-10-26/h4-8,11-12,24H,2-3,9-10,13-14H2,1H3,(H,25,27). The maximum Gasteiger partial charge on any atom is 0.228 e. The van der Waals surface area contributed by atoms with Crippen LogP contribution in [0.2, 0.25) is 0 Å². The second kappa shape index (κ2) is 7.87. The number of aryl methyl sites for hydroxylation is 1. The highest BCUT2D eigenvalue weighted by atomic mass is 79.9. The summed E-state index contributed by atoms with van der Waals surface area (Å²) < 4.78 is 1.02. The molecule has 0 radical (unpaired) electrons. The van der Waals surface area contributed by atoms with Crippen LogP contribution in [0.5, 0.6) is 0 Å². The number of aromatic nitrogens is 1. The second-order valence-electron chi connectivity index (χ2n) is 7.33. The van der Waals surface area contributed by atoms with Crippen LogP contribution >= 0.6 is 15.9 Å². The Kier molecular flexibility index (Phi) is 5.32. The average Bonchev–Trinajstić information content (AvgIpc) is 3.24. The number of halogens is 1. The van der Waals surface area contributed by atoms with Gasteiger partial charge in [-0.1, -0.05) is 28.1 Å². The number of nitrogens with one attached hydrogen (secondary N) is 2. The maximum atomic E-state index is 12.7. The predicted octanol–water partition coefficient (Wildman–Crippen LogP) is 5.02. The zero-order valence-electron chi connectivity index (χ0n) is 15.5. The highest BCUT2D eigenvalue weighted by molar-refractivity contribution is 9.10. The Bertz CT molecular complexity index is 973. The van der Waals surface area contributed by atoms with Crippen LogP contribution in [0.3, 0.4) is 0 Å². The van der Waals surface area contributed by atoms with Gasteiger partial charge in [0.1, 0.15) is 0 Å².